The molecule has 0 aliphatic rings. The predicted octanol–water partition coefficient (Wildman–Crippen LogP) is 4.56. The molecule has 1 N–H and O–H groups in total. The van der Waals surface area contributed by atoms with Gasteiger partial charge < -0.3 is 5.32 Å². The number of aryl methyl sites for hydroxylation is 1. The van der Waals surface area contributed by atoms with E-state index in [0.29, 0.717) is 10.0 Å². The maximum absolute atomic E-state index is 13.7. The van der Waals surface area contributed by atoms with E-state index >= 15 is 0 Å². The molecule has 4 nitrogen and oxygen atoms in total. The SMILES string of the molecule is Cc1cc(F)c(NCc2ccc(Br)cc2[N+](=O)[O-])cc1F. The molecule has 2 aromatic carbocycles. The van der Waals surface area contributed by atoms with Crippen LogP contribution < -0.4 is 5.32 Å². The van der Waals surface area contributed by atoms with E-state index in [2.05, 4.69) is 21.2 Å². The highest BCUT2D eigenvalue weighted by molar-refractivity contribution is 9.10. The number of nitro benzene ring substituents is 1. The number of nitrogens with one attached hydrogen (secondary N) is 1. The Morgan fingerprint density at radius 3 is 2.62 bits per heavy atom. The zero-order chi connectivity index (χ0) is 15.6. The highest BCUT2D eigenvalue weighted by atomic mass is 79.9. The number of nitro groups is 1. The van der Waals surface area contributed by atoms with Gasteiger partial charge >= 0.3 is 0 Å². The van der Waals surface area contributed by atoms with E-state index in [1.54, 1.807) is 12.1 Å². The molecule has 2 rings (SSSR count). The van der Waals surface area contributed by atoms with Crippen LogP contribution in [0.1, 0.15) is 11.1 Å². The number of halogens is 3. The standard InChI is InChI=1S/C14H11BrF2N2O2/c1-8-4-12(17)13(6-11(8)16)18-7-9-2-3-10(15)5-14(9)19(20)21/h2-6,18H,7H2,1H3. The molecule has 7 heteroatoms. The second-order valence-electron chi connectivity index (χ2n) is 4.46. The summed E-state index contributed by atoms with van der Waals surface area (Å²) < 4.78 is 27.7. The van der Waals surface area contributed by atoms with Gasteiger partial charge in [0.1, 0.15) is 11.6 Å². The minimum absolute atomic E-state index is 0.0169. The first-order chi connectivity index (χ1) is 9.88. The van der Waals surface area contributed by atoms with Crippen molar-refractivity contribution < 1.29 is 13.7 Å². The van der Waals surface area contributed by atoms with Crippen molar-refractivity contribution in [2.45, 2.75) is 13.5 Å². The molecule has 0 bridgehead atoms. The van der Waals surface area contributed by atoms with Crippen LogP contribution in [0.25, 0.3) is 0 Å². The summed E-state index contributed by atoms with van der Waals surface area (Å²) in [5.41, 5.74) is 0.455. The largest absolute Gasteiger partial charge is 0.378 e. The number of hydrogen-bond acceptors (Lipinski definition) is 3. The van der Waals surface area contributed by atoms with Gasteiger partial charge in [0, 0.05) is 28.7 Å². The monoisotopic (exact) mass is 356 g/mol. The lowest BCUT2D eigenvalue weighted by atomic mass is 10.1. The minimum atomic E-state index is -0.603. The van der Waals surface area contributed by atoms with E-state index in [1.807, 2.05) is 0 Å². The fourth-order valence-corrected chi connectivity index (χ4v) is 2.18. The van der Waals surface area contributed by atoms with Gasteiger partial charge in [-0.3, -0.25) is 10.1 Å². The van der Waals surface area contributed by atoms with Crippen molar-refractivity contribution in [2.24, 2.45) is 0 Å². The van der Waals surface area contributed by atoms with Gasteiger partial charge in [0.2, 0.25) is 0 Å². The molecule has 2 aromatic rings. The molecule has 110 valence electrons. The van der Waals surface area contributed by atoms with Crippen molar-refractivity contribution in [3.63, 3.8) is 0 Å². The van der Waals surface area contributed by atoms with Crippen molar-refractivity contribution in [1.29, 1.82) is 0 Å². The van der Waals surface area contributed by atoms with Crippen LogP contribution in [-0.4, -0.2) is 4.92 Å². The van der Waals surface area contributed by atoms with Crippen molar-refractivity contribution in [3.05, 3.63) is 67.7 Å². The van der Waals surface area contributed by atoms with E-state index in [4.69, 9.17) is 0 Å². The first kappa shape index (κ1) is 15.4. The maximum Gasteiger partial charge on any atom is 0.275 e. The van der Waals surface area contributed by atoms with Crippen LogP contribution >= 0.6 is 15.9 Å². The van der Waals surface area contributed by atoms with Crippen LogP contribution in [-0.2, 0) is 6.54 Å². The van der Waals surface area contributed by atoms with Crippen LogP contribution in [0, 0.1) is 28.7 Å². The zero-order valence-electron chi connectivity index (χ0n) is 11.0. The average Bonchev–Trinajstić information content (AvgIpc) is 2.42. The van der Waals surface area contributed by atoms with Crippen molar-refractivity contribution in [3.8, 4) is 0 Å². The molecule has 0 amide bonds. The smallest absolute Gasteiger partial charge is 0.275 e. The molecule has 21 heavy (non-hydrogen) atoms. The Hall–Kier alpha value is -2.02. The van der Waals surface area contributed by atoms with E-state index in [9.17, 15) is 18.9 Å². The van der Waals surface area contributed by atoms with Crippen LogP contribution in [0.15, 0.2) is 34.8 Å². The summed E-state index contributed by atoms with van der Waals surface area (Å²) in [6.45, 7) is 1.48. The number of rotatable bonds is 4. The first-order valence-corrected chi connectivity index (χ1v) is 6.80. The summed E-state index contributed by atoms with van der Waals surface area (Å²) in [4.78, 5) is 10.5. The fraction of sp³-hybridized carbons (Fsp3) is 0.143. The number of hydrogen-bond donors (Lipinski definition) is 1. The van der Waals surface area contributed by atoms with Gasteiger partial charge in [-0.2, -0.15) is 0 Å². The molecule has 0 aliphatic heterocycles. The lowest BCUT2D eigenvalue weighted by molar-refractivity contribution is -0.385. The van der Waals surface area contributed by atoms with E-state index < -0.39 is 16.6 Å². The fourth-order valence-electron chi connectivity index (χ4n) is 1.83. The molecule has 0 atom stereocenters. The van der Waals surface area contributed by atoms with Gasteiger partial charge in [0.15, 0.2) is 0 Å². The Balaban J connectivity index is 2.25. The number of anilines is 1. The van der Waals surface area contributed by atoms with Gasteiger partial charge in [0.25, 0.3) is 5.69 Å². The van der Waals surface area contributed by atoms with Crippen LogP contribution in [0.3, 0.4) is 0 Å². The molecular weight excluding hydrogens is 346 g/mol. The highest BCUT2D eigenvalue weighted by Gasteiger charge is 2.15. The quantitative estimate of drug-likeness (QED) is 0.645. The van der Waals surface area contributed by atoms with Crippen molar-refractivity contribution >= 4 is 27.3 Å². The summed E-state index contributed by atoms with van der Waals surface area (Å²) >= 11 is 3.16. The minimum Gasteiger partial charge on any atom is -0.378 e. The second-order valence-corrected chi connectivity index (χ2v) is 5.38. The zero-order valence-corrected chi connectivity index (χ0v) is 12.6. The summed E-state index contributed by atoms with van der Waals surface area (Å²) in [6, 6.07) is 6.68. The molecule has 0 aliphatic carbocycles. The third kappa shape index (κ3) is 3.55. The summed E-state index contributed by atoms with van der Waals surface area (Å²) in [5, 5.41) is 13.7. The summed E-state index contributed by atoms with van der Waals surface area (Å²) in [6.07, 6.45) is 0. The van der Waals surface area contributed by atoms with Crippen molar-refractivity contribution in [1.82, 2.24) is 0 Å². The van der Waals surface area contributed by atoms with E-state index in [0.717, 1.165) is 12.1 Å². The molecule has 0 saturated carbocycles. The number of nitrogens with zero attached hydrogens (tertiary/aromatic N) is 1. The molecule has 0 saturated heterocycles. The van der Waals surface area contributed by atoms with Crippen LogP contribution in [0.5, 0.6) is 0 Å². The van der Waals surface area contributed by atoms with Gasteiger partial charge in [0.05, 0.1) is 10.6 Å². The van der Waals surface area contributed by atoms with E-state index in [-0.39, 0.29) is 23.5 Å². The Labute approximate surface area is 128 Å². The van der Waals surface area contributed by atoms with Gasteiger partial charge in [-0.05, 0) is 30.7 Å². The van der Waals surface area contributed by atoms with E-state index in [1.165, 1.54) is 13.0 Å². The molecule has 0 spiro atoms. The van der Waals surface area contributed by atoms with Gasteiger partial charge in [-0.1, -0.05) is 15.9 Å². The Kier molecular flexibility index (Phi) is 4.52. The molecule has 0 radical (unpaired) electrons. The lowest BCUT2D eigenvalue weighted by Crippen LogP contribution is -2.05. The summed E-state index contributed by atoms with van der Waals surface area (Å²) in [7, 11) is 0. The summed E-state index contributed by atoms with van der Waals surface area (Å²) in [5.74, 6) is -1.14. The molecule has 0 unspecified atom stereocenters. The first-order valence-electron chi connectivity index (χ1n) is 6.01. The third-order valence-corrected chi connectivity index (χ3v) is 3.45. The van der Waals surface area contributed by atoms with Crippen LogP contribution in [0.2, 0.25) is 0 Å². The average molecular weight is 357 g/mol. The molecule has 0 aromatic heterocycles. The second kappa shape index (κ2) is 6.17. The normalized spacial score (nSPS) is 10.5. The number of benzene rings is 2. The topological polar surface area (TPSA) is 55.2 Å². The predicted molar refractivity (Wildman–Crippen MR) is 79.2 cm³/mol. The van der Waals surface area contributed by atoms with Crippen LogP contribution in [0.4, 0.5) is 20.2 Å². The maximum atomic E-state index is 13.7. The van der Waals surface area contributed by atoms with Gasteiger partial charge in [-0.25, -0.2) is 8.78 Å². The molecule has 0 fully saturated rings. The highest BCUT2D eigenvalue weighted by Crippen LogP contribution is 2.25. The third-order valence-electron chi connectivity index (χ3n) is 2.96. The van der Waals surface area contributed by atoms with Crippen molar-refractivity contribution in [2.75, 3.05) is 5.32 Å². The lowest BCUT2D eigenvalue weighted by Gasteiger charge is -2.09. The van der Waals surface area contributed by atoms with Gasteiger partial charge in [-0.15, -0.1) is 0 Å². The molecular formula is C14H11BrF2N2O2. The Bertz CT molecular complexity index is 708. The molecule has 0 heterocycles. The Morgan fingerprint density at radius 2 is 1.95 bits per heavy atom. The Morgan fingerprint density at radius 1 is 1.24 bits per heavy atom.